The van der Waals surface area contributed by atoms with Gasteiger partial charge in [0.15, 0.2) is 6.61 Å². The molecule has 8 heteroatoms. The van der Waals surface area contributed by atoms with Crippen LogP contribution in [0.3, 0.4) is 0 Å². The van der Waals surface area contributed by atoms with E-state index in [1.54, 1.807) is 0 Å². The molecule has 0 bridgehead atoms. The Morgan fingerprint density at radius 3 is 2.75 bits per heavy atom. The quantitative estimate of drug-likeness (QED) is 0.739. The summed E-state index contributed by atoms with van der Waals surface area (Å²) >= 11 is 5.72. The van der Waals surface area contributed by atoms with E-state index in [1.807, 2.05) is 6.92 Å². The van der Waals surface area contributed by atoms with Crippen LogP contribution in [0.4, 0.5) is 0 Å². The highest BCUT2D eigenvalue weighted by Gasteiger charge is 2.16. The number of hydrogen-bond acceptors (Lipinski definition) is 4. The van der Waals surface area contributed by atoms with E-state index in [4.69, 9.17) is 21.5 Å². The number of carbonyl (C=O) groups is 1. The number of rotatable bonds is 7. The van der Waals surface area contributed by atoms with E-state index in [-0.39, 0.29) is 28.2 Å². The van der Waals surface area contributed by atoms with E-state index in [0.717, 1.165) is 12.8 Å². The first kappa shape index (κ1) is 16.7. The molecule has 112 valence electrons. The lowest BCUT2D eigenvalue weighted by Crippen LogP contribution is -2.30. The fourth-order valence-corrected chi connectivity index (χ4v) is 2.36. The summed E-state index contributed by atoms with van der Waals surface area (Å²) in [4.78, 5) is 11.2. The Hall–Kier alpha value is -1.31. The highest BCUT2D eigenvalue weighted by molar-refractivity contribution is 7.89. The van der Waals surface area contributed by atoms with Crippen LogP contribution in [0, 0.1) is 0 Å². The Labute approximate surface area is 123 Å². The number of nitrogens with one attached hydrogen (secondary N) is 1. The maximum atomic E-state index is 11.5. The summed E-state index contributed by atoms with van der Waals surface area (Å²) in [6, 6.07) is 4.00. The van der Waals surface area contributed by atoms with Gasteiger partial charge >= 0.3 is 0 Å². The van der Waals surface area contributed by atoms with Crippen LogP contribution in [-0.4, -0.2) is 27.5 Å². The first-order valence-corrected chi connectivity index (χ1v) is 7.99. The first-order chi connectivity index (χ1) is 9.34. The number of sulfonamides is 1. The van der Waals surface area contributed by atoms with Crippen molar-refractivity contribution in [1.82, 2.24) is 5.32 Å². The van der Waals surface area contributed by atoms with Crippen LogP contribution in [0.5, 0.6) is 5.75 Å². The van der Waals surface area contributed by atoms with Gasteiger partial charge in [0.2, 0.25) is 10.0 Å². The van der Waals surface area contributed by atoms with Gasteiger partial charge < -0.3 is 10.1 Å². The summed E-state index contributed by atoms with van der Waals surface area (Å²) in [6.07, 6.45) is 1.84. The minimum Gasteiger partial charge on any atom is -0.482 e. The maximum Gasteiger partial charge on any atom is 0.257 e. The van der Waals surface area contributed by atoms with Crippen molar-refractivity contribution in [2.24, 2.45) is 5.14 Å². The largest absolute Gasteiger partial charge is 0.482 e. The predicted octanol–water partition coefficient (Wildman–Crippen LogP) is 1.28. The summed E-state index contributed by atoms with van der Waals surface area (Å²) < 4.78 is 28.0. The first-order valence-electron chi connectivity index (χ1n) is 6.06. The van der Waals surface area contributed by atoms with Crippen LogP contribution < -0.4 is 15.2 Å². The Morgan fingerprint density at radius 2 is 2.15 bits per heavy atom. The molecule has 0 aromatic heterocycles. The standard InChI is InChI=1S/C12H17ClN2O4S/c1-2-3-6-15-12(16)8-19-10-5-4-9(13)7-11(10)20(14,17)18/h4-5,7H,2-3,6,8H2,1H3,(H,15,16)(H2,14,17,18). The highest BCUT2D eigenvalue weighted by atomic mass is 35.5. The Morgan fingerprint density at radius 1 is 1.45 bits per heavy atom. The van der Waals surface area contributed by atoms with Crippen molar-refractivity contribution in [3.63, 3.8) is 0 Å². The molecule has 0 saturated heterocycles. The van der Waals surface area contributed by atoms with Gasteiger partial charge in [0.1, 0.15) is 10.6 Å². The van der Waals surface area contributed by atoms with Gasteiger partial charge in [0.05, 0.1) is 0 Å². The zero-order valence-electron chi connectivity index (χ0n) is 11.1. The van der Waals surface area contributed by atoms with E-state index in [1.165, 1.54) is 18.2 Å². The number of unbranched alkanes of at least 4 members (excludes halogenated alkanes) is 1. The SMILES string of the molecule is CCCCNC(=O)COc1ccc(Cl)cc1S(N)(=O)=O. The van der Waals surface area contributed by atoms with Gasteiger partial charge in [-0.3, -0.25) is 4.79 Å². The number of hydrogen-bond donors (Lipinski definition) is 2. The molecule has 1 rings (SSSR count). The molecule has 0 unspecified atom stereocenters. The molecular weight excluding hydrogens is 304 g/mol. The van der Waals surface area contributed by atoms with E-state index < -0.39 is 10.0 Å². The smallest absolute Gasteiger partial charge is 0.257 e. The Bertz CT molecular complexity index is 575. The second-order valence-electron chi connectivity index (χ2n) is 4.13. The third kappa shape index (κ3) is 5.36. The maximum absolute atomic E-state index is 11.5. The van der Waals surface area contributed by atoms with E-state index in [0.29, 0.717) is 6.54 Å². The van der Waals surface area contributed by atoms with Crippen LogP contribution in [-0.2, 0) is 14.8 Å². The molecule has 1 aromatic carbocycles. The Balaban J connectivity index is 2.71. The van der Waals surface area contributed by atoms with Crippen molar-refractivity contribution in [1.29, 1.82) is 0 Å². The zero-order chi connectivity index (χ0) is 15.2. The number of benzene rings is 1. The second-order valence-corrected chi connectivity index (χ2v) is 6.09. The summed E-state index contributed by atoms with van der Waals surface area (Å²) in [5.74, 6) is -0.323. The van der Waals surface area contributed by atoms with Crippen LogP contribution in [0.2, 0.25) is 5.02 Å². The lowest BCUT2D eigenvalue weighted by Gasteiger charge is -2.10. The van der Waals surface area contributed by atoms with Crippen molar-refractivity contribution in [3.05, 3.63) is 23.2 Å². The molecule has 0 radical (unpaired) electrons. The summed E-state index contributed by atoms with van der Waals surface area (Å²) in [5.41, 5.74) is 0. The molecule has 6 nitrogen and oxygen atoms in total. The normalized spacial score (nSPS) is 11.2. The fourth-order valence-electron chi connectivity index (χ4n) is 1.42. The van der Waals surface area contributed by atoms with Gasteiger partial charge in [-0.2, -0.15) is 0 Å². The predicted molar refractivity (Wildman–Crippen MR) is 76.2 cm³/mol. The van der Waals surface area contributed by atoms with Gasteiger partial charge in [0.25, 0.3) is 5.91 Å². The van der Waals surface area contributed by atoms with Crippen molar-refractivity contribution < 1.29 is 17.9 Å². The van der Waals surface area contributed by atoms with E-state index in [2.05, 4.69) is 5.32 Å². The highest BCUT2D eigenvalue weighted by Crippen LogP contribution is 2.26. The number of amides is 1. The van der Waals surface area contributed by atoms with Crippen molar-refractivity contribution in [2.75, 3.05) is 13.2 Å². The van der Waals surface area contributed by atoms with Gasteiger partial charge in [0, 0.05) is 11.6 Å². The minimum absolute atomic E-state index is 0.00235. The zero-order valence-corrected chi connectivity index (χ0v) is 12.6. The summed E-state index contributed by atoms with van der Waals surface area (Å²) in [6.45, 7) is 2.28. The van der Waals surface area contributed by atoms with Crippen molar-refractivity contribution in [3.8, 4) is 5.75 Å². The molecule has 0 aliphatic heterocycles. The molecule has 0 saturated carbocycles. The number of ether oxygens (including phenoxy) is 1. The molecule has 0 heterocycles. The average Bonchev–Trinajstić information content (AvgIpc) is 2.36. The van der Waals surface area contributed by atoms with Crippen molar-refractivity contribution >= 4 is 27.5 Å². The Kier molecular flexibility index (Phi) is 6.25. The second kappa shape index (κ2) is 7.47. The molecule has 0 spiro atoms. The number of nitrogens with two attached hydrogens (primary N) is 1. The minimum atomic E-state index is -3.97. The van der Waals surface area contributed by atoms with E-state index in [9.17, 15) is 13.2 Å². The third-order valence-electron chi connectivity index (χ3n) is 2.42. The molecule has 0 atom stereocenters. The molecule has 20 heavy (non-hydrogen) atoms. The van der Waals surface area contributed by atoms with Crippen molar-refractivity contribution in [2.45, 2.75) is 24.7 Å². The van der Waals surface area contributed by atoms with Gasteiger partial charge in [-0.25, -0.2) is 13.6 Å². The molecular formula is C12H17ClN2O4S. The summed E-state index contributed by atoms with van der Waals surface area (Å²) in [7, 11) is -3.97. The van der Waals surface area contributed by atoms with Gasteiger partial charge in [-0.15, -0.1) is 0 Å². The van der Waals surface area contributed by atoms with Gasteiger partial charge in [-0.05, 0) is 24.6 Å². The number of carbonyl (C=O) groups excluding carboxylic acids is 1. The molecule has 0 fully saturated rings. The van der Waals surface area contributed by atoms with Crippen LogP contribution in [0.25, 0.3) is 0 Å². The monoisotopic (exact) mass is 320 g/mol. The number of halogens is 1. The lowest BCUT2D eigenvalue weighted by molar-refractivity contribution is -0.123. The van der Waals surface area contributed by atoms with Crippen LogP contribution in [0.1, 0.15) is 19.8 Å². The lowest BCUT2D eigenvalue weighted by atomic mass is 10.3. The van der Waals surface area contributed by atoms with E-state index >= 15 is 0 Å². The number of primary sulfonamides is 1. The fraction of sp³-hybridized carbons (Fsp3) is 0.417. The van der Waals surface area contributed by atoms with Gasteiger partial charge in [-0.1, -0.05) is 24.9 Å². The summed E-state index contributed by atoms with van der Waals surface area (Å²) in [5, 5.41) is 7.93. The molecule has 0 aliphatic rings. The topological polar surface area (TPSA) is 98.5 Å². The molecule has 0 aliphatic carbocycles. The molecule has 3 N–H and O–H groups in total. The third-order valence-corrected chi connectivity index (χ3v) is 3.59. The molecule has 1 aromatic rings. The van der Waals surface area contributed by atoms with Crippen LogP contribution >= 0.6 is 11.6 Å². The molecule has 1 amide bonds. The average molecular weight is 321 g/mol. The van der Waals surface area contributed by atoms with Crippen LogP contribution in [0.15, 0.2) is 23.1 Å².